The van der Waals surface area contributed by atoms with Crippen LogP contribution in [-0.4, -0.2) is 11.1 Å². The smallest absolute Gasteiger partial charge is 0.0600 e. The molecule has 1 aromatic heterocycles. The van der Waals surface area contributed by atoms with Crippen LogP contribution in [0.3, 0.4) is 0 Å². The van der Waals surface area contributed by atoms with E-state index in [4.69, 9.17) is 0 Å². The topological polar surface area (TPSA) is 12.9 Å². The Bertz CT molecular complexity index is 225. The van der Waals surface area contributed by atoms with Crippen LogP contribution in [0.1, 0.15) is 20.8 Å². The summed E-state index contributed by atoms with van der Waals surface area (Å²) in [6.07, 6.45) is 3.09. The molecule has 0 N–H and O–H groups in total. The van der Waals surface area contributed by atoms with Crippen LogP contribution in [0.4, 0.5) is 0 Å². The van der Waals surface area contributed by atoms with E-state index in [0.29, 0.717) is 5.41 Å². The van der Waals surface area contributed by atoms with Crippen LogP contribution in [0.5, 0.6) is 0 Å². The van der Waals surface area contributed by atoms with Gasteiger partial charge in [-0.05, 0) is 23.7 Å². The quantitative estimate of drug-likeness (QED) is 0.638. The third-order valence-corrected chi connectivity index (χ3v) is 3.36. The first kappa shape index (κ1) is 9.67. The maximum absolute atomic E-state index is 4.29. The minimum atomic E-state index is 0.427. The molecule has 2 heteroatoms. The van der Waals surface area contributed by atoms with Crippen molar-refractivity contribution in [1.29, 1.82) is 0 Å². The highest BCUT2D eigenvalue weighted by Gasteiger charge is 2.09. The van der Waals surface area contributed by atoms with Gasteiger partial charge in [0.2, 0.25) is 0 Å². The largest absolute Gasteiger partial charge is 0.257 e. The van der Waals surface area contributed by atoms with E-state index in [-0.39, 0.29) is 0 Å². The minimum absolute atomic E-state index is 0.427. The van der Waals surface area contributed by atoms with Crippen molar-refractivity contribution in [3.63, 3.8) is 0 Å². The van der Waals surface area contributed by atoms with Gasteiger partial charge in [0, 0.05) is 6.20 Å². The standard InChI is InChI=1S/C10H16NP/c1-10(2,3)8-12-9-6-4-5-7-11-9/h4-7,12H,8H2,1-3H3. The predicted molar refractivity (Wildman–Crippen MR) is 56.5 cm³/mol. The van der Waals surface area contributed by atoms with Crippen LogP contribution in [0.2, 0.25) is 0 Å². The SMILES string of the molecule is CC(C)(C)CPc1ccccn1. The Balaban J connectivity index is 2.44. The van der Waals surface area contributed by atoms with E-state index in [1.807, 2.05) is 12.3 Å². The molecule has 1 atom stereocenters. The van der Waals surface area contributed by atoms with Gasteiger partial charge in [-0.2, -0.15) is 0 Å². The molecule has 0 radical (unpaired) electrons. The number of nitrogens with zero attached hydrogens (tertiary/aromatic N) is 1. The molecule has 12 heavy (non-hydrogen) atoms. The highest BCUT2D eigenvalue weighted by Crippen LogP contribution is 2.23. The Hall–Kier alpha value is -0.420. The summed E-state index contributed by atoms with van der Waals surface area (Å²) in [5, 5.41) is 0. The zero-order valence-corrected chi connectivity index (χ0v) is 8.96. The number of rotatable bonds is 2. The molecule has 0 bridgehead atoms. The zero-order chi connectivity index (χ0) is 9.03. The van der Waals surface area contributed by atoms with E-state index in [9.17, 15) is 0 Å². The molecule has 0 saturated carbocycles. The van der Waals surface area contributed by atoms with Crippen LogP contribution in [-0.2, 0) is 0 Å². The Morgan fingerprint density at radius 1 is 1.33 bits per heavy atom. The maximum atomic E-state index is 4.29. The molecule has 66 valence electrons. The van der Waals surface area contributed by atoms with Crippen LogP contribution >= 0.6 is 8.58 Å². The fourth-order valence-corrected chi connectivity index (χ4v) is 1.91. The second kappa shape index (κ2) is 4.00. The van der Waals surface area contributed by atoms with Gasteiger partial charge in [-0.15, -0.1) is 0 Å². The van der Waals surface area contributed by atoms with Crippen molar-refractivity contribution in [1.82, 2.24) is 4.98 Å². The van der Waals surface area contributed by atoms with Crippen molar-refractivity contribution in [2.45, 2.75) is 20.8 Å². The van der Waals surface area contributed by atoms with Gasteiger partial charge in [0.25, 0.3) is 0 Å². The van der Waals surface area contributed by atoms with Crippen LogP contribution in [0.15, 0.2) is 24.4 Å². The van der Waals surface area contributed by atoms with Gasteiger partial charge in [0.15, 0.2) is 0 Å². The monoisotopic (exact) mass is 181 g/mol. The van der Waals surface area contributed by atoms with Crippen molar-refractivity contribution in [3.05, 3.63) is 24.4 Å². The normalized spacial score (nSPS) is 12.6. The van der Waals surface area contributed by atoms with Gasteiger partial charge in [-0.25, -0.2) is 0 Å². The molecule has 0 spiro atoms. The van der Waals surface area contributed by atoms with Crippen molar-refractivity contribution in [2.75, 3.05) is 6.16 Å². The summed E-state index contributed by atoms with van der Waals surface area (Å²) in [6, 6.07) is 6.12. The minimum Gasteiger partial charge on any atom is -0.257 e. The Morgan fingerprint density at radius 3 is 2.58 bits per heavy atom. The second-order valence-corrected chi connectivity index (χ2v) is 5.35. The molecule has 1 aromatic rings. The summed E-state index contributed by atoms with van der Waals surface area (Å²) in [7, 11) is 0.845. The lowest BCUT2D eigenvalue weighted by Crippen LogP contribution is -2.11. The van der Waals surface area contributed by atoms with Gasteiger partial charge in [-0.3, -0.25) is 4.98 Å². The predicted octanol–water partition coefficient (Wildman–Crippen LogP) is 2.43. The molecule has 1 nitrogen and oxygen atoms in total. The molecule has 0 aromatic carbocycles. The Kier molecular flexibility index (Phi) is 3.22. The molecule has 0 amide bonds. The zero-order valence-electron chi connectivity index (χ0n) is 7.96. The third kappa shape index (κ3) is 3.82. The van der Waals surface area contributed by atoms with Gasteiger partial charge >= 0.3 is 0 Å². The van der Waals surface area contributed by atoms with Gasteiger partial charge in [0.05, 0.1) is 5.44 Å². The van der Waals surface area contributed by atoms with Crippen LogP contribution < -0.4 is 5.44 Å². The number of aromatic nitrogens is 1. The highest BCUT2D eigenvalue weighted by molar-refractivity contribution is 7.46. The van der Waals surface area contributed by atoms with E-state index in [1.54, 1.807) is 0 Å². The van der Waals surface area contributed by atoms with E-state index in [2.05, 4.69) is 37.9 Å². The van der Waals surface area contributed by atoms with E-state index in [0.717, 1.165) is 8.58 Å². The molecule has 1 heterocycles. The van der Waals surface area contributed by atoms with Crippen molar-refractivity contribution in [2.24, 2.45) is 5.41 Å². The van der Waals surface area contributed by atoms with Gasteiger partial charge in [-0.1, -0.05) is 35.4 Å². The molecule has 1 rings (SSSR count). The maximum Gasteiger partial charge on any atom is 0.0600 e. The summed E-state index contributed by atoms with van der Waals surface area (Å²) in [6.45, 7) is 6.80. The van der Waals surface area contributed by atoms with Crippen molar-refractivity contribution < 1.29 is 0 Å². The Morgan fingerprint density at radius 2 is 2.08 bits per heavy atom. The van der Waals surface area contributed by atoms with Gasteiger partial charge < -0.3 is 0 Å². The third-order valence-electron chi connectivity index (χ3n) is 1.46. The molecular weight excluding hydrogens is 165 g/mol. The number of hydrogen-bond acceptors (Lipinski definition) is 1. The van der Waals surface area contributed by atoms with Crippen LogP contribution in [0, 0.1) is 5.41 Å². The molecule has 1 unspecified atom stereocenters. The summed E-state index contributed by atoms with van der Waals surface area (Å²) >= 11 is 0. The van der Waals surface area contributed by atoms with Crippen LogP contribution in [0.25, 0.3) is 0 Å². The molecule has 0 fully saturated rings. The van der Waals surface area contributed by atoms with Crippen molar-refractivity contribution in [3.8, 4) is 0 Å². The molecule has 0 aliphatic heterocycles. The lowest BCUT2D eigenvalue weighted by Gasteiger charge is -2.16. The lowest BCUT2D eigenvalue weighted by molar-refractivity contribution is 0.479. The Labute approximate surface area is 76.4 Å². The fraction of sp³-hybridized carbons (Fsp3) is 0.500. The highest BCUT2D eigenvalue weighted by atomic mass is 31.1. The molecule has 0 aliphatic rings. The summed E-state index contributed by atoms with van der Waals surface area (Å²) in [4.78, 5) is 4.29. The van der Waals surface area contributed by atoms with Crippen molar-refractivity contribution >= 4 is 14.0 Å². The number of hydrogen-bond donors (Lipinski definition) is 0. The summed E-state index contributed by atoms with van der Waals surface area (Å²) in [5.41, 5.74) is 1.66. The second-order valence-electron chi connectivity index (χ2n) is 4.13. The molecular formula is C10H16NP. The average Bonchev–Trinajstić information content (AvgIpc) is 2.02. The van der Waals surface area contributed by atoms with Gasteiger partial charge in [0.1, 0.15) is 0 Å². The average molecular weight is 181 g/mol. The first-order chi connectivity index (χ1) is 5.58. The van der Waals surface area contributed by atoms with E-state index < -0.39 is 0 Å². The summed E-state index contributed by atoms with van der Waals surface area (Å²) in [5.74, 6) is 0. The first-order valence-electron chi connectivity index (χ1n) is 4.23. The lowest BCUT2D eigenvalue weighted by atomic mass is 10.0. The molecule has 0 aliphatic carbocycles. The molecule has 0 saturated heterocycles. The number of pyridine rings is 1. The van der Waals surface area contributed by atoms with E-state index in [1.165, 1.54) is 11.6 Å². The first-order valence-corrected chi connectivity index (χ1v) is 5.43. The summed E-state index contributed by atoms with van der Waals surface area (Å²) < 4.78 is 0. The fourth-order valence-electron chi connectivity index (χ4n) is 0.823. The van der Waals surface area contributed by atoms with E-state index >= 15 is 0 Å².